The van der Waals surface area contributed by atoms with Crippen LogP contribution in [0.15, 0.2) is 23.1 Å². The monoisotopic (exact) mass is 261 g/mol. The summed E-state index contributed by atoms with van der Waals surface area (Å²) in [6.07, 6.45) is -0.652. The SMILES string of the molecule is C[C@@H]1Oc2cc(S(=O)(=O)Cl)ccc2NC1=O. The van der Waals surface area contributed by atoms with Crippen molar-refractivity contribution >= 4 is 31.3 Å². The zero-order valence-electron chi connectivity index (χ0n) is 8.23. The van der Waals surface area contributed by atoms with Gasteiger partial charge in [0.05, 0.1) is 10.6 Å². The van der Waals surface area contributed by atoms with E-state index in [-0.39, 0.29) is 10.8 Å². The highest BCUT2D eigenvalue weighted by Gasteiger charge is 2.24. The Morgan fingerprint density at radius 2 is 2.12 bits per heavy atom. The standard InChI is InChI=1S/C9H8ClNO4S/c1-5-9(12)11-7-3-2-6(16(10,13)14)4-8(7)15-5/h2-5H,1H3,(H,11,12)/t5-/m0/s1. The molecule has 1 atom stereocenters. The first-order valence-electron chi connectivity index (χ1n) is 4.44. The summed E-state index contributed by atoms with van der Waals surface area (Å²) >= 11 is 0. The molecule has 5 nitrogen and oxygen atoms in total. The molecule has 0 saturated heterocycles. The lowest BCUT2D eigenvalue weighted by Crippen LogP contribution is -2.34. The number of fused-ring (bicyclic) bond motifs is 1. The van der Waals surface area contributed by atoms with E-state index in [1.165, 1.54) is 18.2 Å². The summed E-state index contributed by atoms with van der Waals surface area (Å²) in [6.45, 7) is 1.57. The Bertz CT molecular complexity index is 555. The fraction of sp³-hybridized carbons (Fsp3) is 0.222. The molecule has 1 N–H and O–H groups in total. The third kappa shape index (κ3) is 1.98. The van der Waals surface area contributed by atoms with Crippen LogP contribution < -0.4 is 10.1 Å². The molecule has 0 aromatic heterocycles. The lowest BCUT2D eigenvalue weighted by molar-refractivity contribution is -0.122. The molecule has 2 rings (SSSR count). The Balaban J connectivity index is 2.48. The Morgan fingerprint density at radius 1 is 1.44 bits per heavy atom. The first-order chi connectivity index (χ1) is 7.38. The Kier molecular flexibility index (Phi) is 2.55. The molecular formula is C9H8ClNO4S. The smallest absolute Gasteiger partial charge is 0.265 e. The molecule has 1 aliphatic heterocycles. The van der Waals surface area contributed by atoms with Crippen molar-refractivity contribution in [1.82, 2.24) is 0 Å². The summed E-state index contributed by atoms with van der Waals surface area (Å²) in [7, 11) is 1.41. The third-order valence-electron chi connectivity index (χ3n) is 2.17. The van der Waals surface area contributed by atoms with E-state index in [0.717, 1.165) is 0 Å². The zero-order chi connectivity index (χ0) is 11.9. The van der Waals surface area contributed by atoms with Crippen LogP contribution in [0, 0.1) is 0 Å². The van der Waals surface area contributed by atoms with Gasteiger partial charge in [-0.1, -0.05) is 0 Å². The van der Waals surface area contributed by atoms with E-state index in [0.29, 0.717) is 11.4 Å². The first-order valence-corrected chi connectivity index (χ1v) is 6.75. The molecule has 0 bridgehead atoms. The lowest BCUT2D eigenvalue weighted by Gasteiger charge is -2.23. The number of hydrogen-bond acceptors (Lipinski definition) is 4. The van der Waals surface area contributed by atoms with Crippen LogP contribution in [0.25, 0.3) is 0 Å². The Labute approximate surface area is 96.8 Å². The summed E-state index contributed by atoms with van der Waals surface area (Å²) in [5.74, 6) is 0.0304. The molecule has 1 aromatic rings. The van der Waals surface area contributed by atoms with Gasteiger partial charge in [-0.25, -0.2) is 8.42 Å². The van der Waals surface area contributed by atoms with Crippen LogP contribution in [-0.4, -0.2) is 20.4 Å². The van der Waals surface area contributed by atoms with Crippen LogP contribution in [0.2, 0.25) is 0 Å². The number of amides is 1. The molecule has 0 fully saturated rings. The number of benzene rings is 1. The molecule has 0 radical (unpaired) electrons. The predicted octanol–water partition coefficient (Wildman–Crippen LogP) is 1.33. The molecule has 0 unspecified atom stereocenters. The van der Waals surface area contributed by atoms with Gasteiger partial charge in [-0.05, 0) is 19.1 Å². The van der Waals surface area contributed by atoms with Gasteiger partial charge in [-0.2, -0.15) is 0 Å². The van der Waals surface area contributed by atoms with E-state index < -0.39 is 15.2 Å². The number of anilines is 1. The minimum atomic E-state index is -3.79. The third-order valence-corrected chi connectivity index (χ3v) is 3.52. The predicted molar refractivity (Wildman–Crippen MR) is 58.2 cm³/mol. The molecule has 0 aliphatic carbocycles. The largest absolute Gasteiger partial charge is 0.479 e. The van der Waals surface area contributed by atoms with E-state index in [1.54, 1.807) is 6.92 Å². The molecule has 1 amide bonds. The fourth-order valence-electron chi connectivity index (χ4n) is 1.33. The average Bonchev–Trinajstić information content (AvgIpc) is 2.17. The molecule has 16 heavy (non-hydrogen) atoms. The van der Waals surface area contributed by atoms with Gasteiger partial charge in [0, 0.05) is 16.7 Å². The second-order valence-corrected chi connectivity index (χ2v) is 5.91. The molecule has 86 valence electrons. The maximum atomic E-state index is 11.3. The Hall–Kier alpha value is -1.27. The van der Waals surface area contributed by atoms with Gasteiger partial charge >= 0.3 is 0 Å². The average molecular weight is 262 g/mol. The number of ether oxygens (including phenoxy) is 1. The van der Waals surface area contributed by atoms with Crippen molar-refractivity contribution in [2.24, 2.45) is 0 Å². The molecule has 1 heterocycles. The lowest BCUT2D eigenvalue weighted by atomic mass is 10.2. The van der Waals surface area contributed by atoms with E-state index in [9.17, 15) is 13.2 Å². The summed E-state index contributed by atoms with van der Waals surface area (Å²) in [5.41, 5.74) is 0.437. The summed E-state index contributed by atoms with van der Waals surface area (Å²) in [5, 5.41) is 2.59. The number of carbonyl (C=O) groups is 1. The number of rotatable bonds is 1. The normalized spacial score (nSPS) is 19.6. The van der Waals surface area contributed by atoms with Crippen molar-refractivity contribution in [3.8, 4) is 5.75 Å². The number of nitrogens with one attached hydrogen (secondary N) is 1. The molecule has 0 saturated carbocycles. The van der Waals surface area contributed by atoms with Crippen molar-refractivity contribution < 1.29 is 17.9 Å². The van der Waals surface area contributed by atoms with Crippen molar-refractivity contribution in [2.45, 2.75) is 17.9 Å². The summed E-state index contributed by atoms with van der Waals surface area (Å²) in [4.78, 5) is 11.2. The Morgan fingerprint density at radius 3 is 2.75 bits per heavy atom. The van der Waals surface area contributed by atoms with Crippen LogP contribution in [0.1, 0.15) is 6.92 Å². The molecule has 0 spiro atoms. The van der Waals surface area contributed by atoms with Gasteiger partial charge in [-0.3, -0.25) is 4.79 Å². The van der Waals surface area contributed by atoms with Crippen LogP contribution in [-0.2, 0) is 13.8 Å². The van der Waals surface area contributed by atoms with Crippen molar-refractivity contribution in [3.05, 3.63) is 18.2 Å². The van der Waals surface area contributed by atoms with Crippen LogP contribution in [0.5, 0.6) is 5.75 Å². The maximum Gasteiger partial charge on any atom is 0.265 e. The topological polar surface area (TPSA) is 72.5 Å². The van der Waals surface area contributed by atoms with Gasteiger partial charge < -0.3 is 10.1 Å². The van der Waals surface area contributed by atoms with Gasteiger partial charge in [0.2, 0.25) is 0 Å². The molecule has 7 heteroatoms. The number of carbonyl (C=O) groups excluding carboxylic acids is 1. The van der Waals surface area contributed by atoms with Crippen molar-refractivity contribution in [2.75, 3.05) is 5.32 Å². The fourth-order valence-corrected chi connectivity index (χ4v) is 2.10. The highest BCUT2D eigenvalue weighted by Crippen LogP contribution is 2.32. The zero-order valence-corrected chi connectivity index (χ0v) is 9.80. The summed E-state index contributed by atoms with van der Waals surface area (Å²) in [6, 6.07) is 4.03. The van der Waals surface area contributed by atoms with Crippen LogP contribution in [0.4, 0.5) is 5.69 Å². The van der Waals surface area contributed by atoms with Crippen LogP contribution in [0.3, 0.4) is 0 Å². The minimum absolute atomic E-state index is 0.0590. The molecule has 1 aliphatic rings. The van der Waals surface area contributed by atoms with E-state index in [4.69, 9.17) is 15.4 Å². The van der Waals surface area contributed by atoms with Crippen LogP contribution >= 0.6 is 10.7 Å². The number of hydrogen-bond donors (Lipinski definition) is 1. The van der Waals surface area contributed by atoms with E-state index in [2.05, 4.69) is 5.32 Å². The highest BCUT2D eigenvalue weighted by molar-refractivity contribution is 8.13. The van der Waals surface area contributed by atoms with Gasteiger partial charge in [0.25, 0.3) is 15.0 Å². The number of halogens is 1. The second-order valence-electron chi connectivity index (χ2n) is 3.35. The first kappa shape index (κ1) is 11.2. The molecule has 1 aromatic carbocycles. The minimum Gasteiger partial charge on any atom is -0.479 e. The van der Waals surface area contributed by atoms with Gasteiger partial charge in [-0.15, -0.1) is 0 Å². The van der Waals surface area contributed by atoms with E-state index in [1.807, 2.05) is 0 Å². The van der Waals surface area contributed by atoms with Crippen molar-refractivity contribution in [1.29, 1.82) is 0 Å². The molecular weight excluding hydrogens is 254 g/mol. The van der Waals surface area contributed by atoms with E-state index >= 15 is 0 Å². The highest BCUT2D eigenvalue weighted by atomic mass is 35.7. The van der Waals surface area contributed by atoms with Gasteiger partial charge in [0.1, 0.15) is 5.75 Å². The van der Waals surface area contributed by atoms with Crippen molar-refractivity contribution in [3.63, 3.8) is 0 Å². The second kappa shape index (κ2) is 3.64. The maximum absolute atomic E-state index is 11.3. The summed E-state index contributed by atoms with van der Waals surface area (Å²) < 4.78 is 27.4. The quantitative estimate of drug-likeness (QED) is 0.774. The van der Waals surface area contributed by atoms with Gasteiger partial charge in [0.15, 0.2) is 6.10 Å².